The predicted molar refractivity (Wildman–Crippen MR) is 112 cm³/mol. The van der Waals surface area contributed by atoms with E-state index in [2.05, 4.69) is 19.7 Å². The molecular formula is C20H17N5OS2. The van der Waals surface area contributed by atoms with Gasteiger partial charge in [0.1, 0.15) is 10.7 Å². The number of hydrogen-bond donors (Lipinski definition) is 1. The molecule has 1 N–H and O–H groups in total. The summed E-state index contributed by atoms with van der Waals surface area (Å²) in [5, 5.41) is 4.36. The van der Waals surface area contributed by atoms with Crippen molar-refractivity contribution in [3.8, 4) is 11.4 Å². The zero-order chi connectivity index (χ0) is 19.3. The summed E-state index contributed by atoms with van der Waals surface area (Å²) in [4.78, 5) is 28.2. The van der Waals surface area contributed by atoms with Gasteiger partial charge in [-0.15, -0.1) is 11.3 Å². The zero-order valence-corrected chi connectivity index (χ0v) is 17.0. The van der Waals surface area contributed by atoms with Crippen molar-refractivity contribution in [3.05, 3.63) is 52.3 Å². The molecule has 0 unspecified atom stereocenters. The maximum Gasteiger partial charge on any atom is 0.267 e. The molecule has 0 aliphatic heterocycles. The second-order valence-electron chi connectivity index (χ2n) is 6.92. The summed E-state index contributed by atoms with van der Waals surface area (Å²) in [6, 6.07) is 9.72. The van der Waals surface area contributed by atoms with Crippen molar-refractivity contribution < 1.29 is 4.79 Å². The highest BCUT2D eigenvalue weighted by Crippen LogP contribution is 2.40. The number of aromatic nitrogens is 4. The Labute approximate surface area is 169 Å². The maximum atomic E-state index is 12.9. The van der Waals surface area contributed by atoms with Gasteiger partial charge in [0.15, 0.2) is 5.82 Å². The van der Waals surface area contributed by atoms with Crippen LogP contribution in [-0.4, -0.2) is 25.2 Å². The third-order valence-corrected chi connectivity index (χ3v) is 6.63. The summed E-state index contributed by atoms with van der Waals surface area (Å²) in [6.45, 7) is 3.95. The largest absolute Gasteiger partial charge is 0.296 e. The van der Waals surface area contributed by atoms with Crippen LogP contribution in [0.15, 0.2) is 30.3 Å². The summed E-state index contributed by atoms with van der Waals surface area (Å²) in [6.07, 6.45) is 2.31. The normalized spacial score (nSPS) is 13.8. The van der Waals surface area contributed by atoms with Gasteiger partial charge in [0.2, 0.25) is 5.13 Å². The number of thiophene rings is 1. The molecular weight excluding hydrogens is 390 g/mol. The van der Waals surface area contributed by atoms with Crippen molar-refractivity contribution in [1.29, 1.82) is 0 Å². The van der Waals surface area contributed by atoms with Crippen LogP contribution in [0, 0.1) is 13.8 Å². The minimum absolute atomic E-state index is 0.177. The molecule has 1 aliphatic carbocycles. The van der Waals surface area contributed by atoms with E-state index in [4.69, 9.17) is 4.98 Å². The van der Waals surface area contributed by atoms with Crippen LogP contribution >= 0.6 is 22.9 Å². The number of nitrogens with one attached hydrogen (secondary N) is 1. The van der Waals surface area contributed by atoms with Crippen molar-refractivity contribution in [3.63, 3.8) is 0 Å². The number of carbonyl (C=O) groups is 1. The van der Waals surface area contributed by atoms with Gasteiger partial charge in [0.25, 0.3) is 5.91 Å². The molecule has 1 saturated carbocycles. The van der Waals surface area contributed by atoms with Crippen molar-refractivity contribution in [1.82, 2.24) is 19.3 Å². The first kappa shape index (κ1) is 17.4. The molecule has 6 nitrogen and oxygen atoms in total. The molecule has 1 fully saturated rings. The van der Waals surface area contributed by atoms with Gasteiger partial charge in [-0.2, -0.15) is 9.36 Å². The van der Waals surface area contributed by atoms with Gasteiger partial charge in [0.05, 0.1) is 10.6 Å². The number of benzene rings is 1. The lowest BCUT2D eigenvalue weighted by atomic mass is 10.1. The first-order chi connectivity index (χ1) is 13.6. The summed E-state index contributed by atoms with van der Waals surface area (Å²) in [5.74, 6) is 1.84. The molecule has 0 atom stereocenters. The standard InChI is InChI=1S/C20H17N5OS2/c1-10-14-11(2)21-16(13-8-9-13)22-19(14)27-15(10)18(26)24-20-23-17(25-28-20)12-6-4-3-5-7-12/h3-7,13H,8-9H2,1-2H3,(H,23,24,25,26). The summed E-state index contributed by atoms with van der Waals surface area (Å²) >= 11 is 2.60. The average molecular weight is 408 g/mol. The molecule has 4 aromatic rings. The van der Waals surface area contributed by atoms with Gasteiger partial charge in [0, 0.05) is 28.4 Å². The fraction of sp³-hybridized carbons (Fsp3) is 0.250. The monoisotopic (exact) mass is 407 g/mol. The molecule has 1 aromatic carbocycles. The van der Waals surface area contributed by atoms with Crippen LogP contribution in [0.3, 0.4) is 0 Å². The van der Waals surface area contributed by atoms with Crippen LogP contribution in [0.2, 0.25) is 0 Å². The van der Waals surface area contributed by atoms with Gasteiger partial charge in [-0.3, -0.25) is 10.1 Å². The van der Waals surface area contributed by atoms with E-state index in [-0.39, 0.29) is 5.91 Å². The Hall–Kier alpha value is -2.71. The van der Waals surface area contributed by atoms with Crippen LogP contribution in [0.5, 0.6) is 0 Å². The van der Waals surface area contributed by atoms with Crippen molar-refractivity contribution in [2.75, 3.05) is 5.32 Å². The molecule has 3 aromatic heterocycles. The van der Waals surface area contributed by atoms with Crippen molar-refractivity contribution in [2.45, 2.75) is 32.6 Å². The number of aryl methyl sites for hydroxylation is 2. The second kappa shape index (κ2) is 6.72. The lowest BCUT2D eigenvalue weighted by molar-refractivity contribution is 0.103. The van der Waals surface area contributed by atoms with E-state index in [1.165, 1.54) is 22.9 Å². The first-order valence-electron chi connectivity index (χ1n) is 9.08. The highest BCUT2D eigenvalue weighted by atomic mass is 32.1. The molecule has 0 spiro atoms. The molecule has 140 valence electrons. The molecule has 28 heavy (non-hydrogen) atoms. The number of fused-ring (bicyclic) bond motifs is 1. The van der Waals surface area contributed by atoms with E-state index >= 15 is 0 Å². The van der Waals surface area contributed by atoms with Crippen LogP contribution < -0.4 is 5.32 Å². The van der Waals surface area contributed by atoms with Crippen LogP contribution in [0.1, 0.15) is 45.5 Å². The lowest BCUT2D eigenvalue weighted by Crippen LogP contribution is -2.11. The Balaban J connectivity index is 1.44. The molecule has 1 aliphatic rings. The quantitative estimate of drug-likeness (QED) is 0.517. The lowest BCUT2D eigenvalue weighted by Gasteiger charge is -2.02. The summed E-state index contributed by atoms with van der Waals surface area (Å²) < 4.78 is 4.35. The van der Waals surface area contributed by atoms with E-state index in [9.17, 15) is 4.79 Å². The van der Waals surface area contributed by atoms with Gasteiger partial charge in [-0.25, -0.2) is 9.97 Å². The molecule has 0 bridgehead atoms. The SMILES string of the molecule is Cc1nc(C2CC2)nc2sc(C(=O)Nc3nc(-c4ccccc4)ns3)c(C)c12. The minimum atomic E-state index is -0.177. The maximum absolute atomic E-state index is 12.9. The fourth-order valence-electron chi connectivity index (χ4n) is 3.23. The van der Waals surface area contributed by atoms with E-state index in [1.54, 1.807) is 0 Å². The van der Waals surface area contributed by atoms with Crippen molar-refractivity contribution >= 4 is 44.1 Å². The Kier molecular flexibility index (Phi) is 4.17. The Morgan fingerprint density at radius 1 is 1.11 bits per heavy atom. The van der Waals surface area contributed by atoms with Crippen LogP contribution in [-0.2, 0) is 0 Å². The minimum Gasteiger partial charge on any atom is -0.296 e. The number of anilines is 1. The second-order valence-corrected chi connectivity index (χ2v) is 8.67. The Morgan fingerprint density at radius 2 is 1.89 bits per heavy atom. The smallest absolute Gasteiger partial charge is 0.267 e. The summed E-state index contributed by atoms with van der Waals surface area (Å²) in [7, 11) is 0. The molecule has 0 radical (unpaired) electrons. The van der Waals surface area contributed by atoms with E-state index < -0.39 is 0 Å². The molecule has 3 heterocycles. The zero-order valence-electron chi connectivity index (χ0n) is 15.4. The van der Waals surface area contributed by atoms with E-state index in [0.717, 1.165) is 45.7 Å². The van der Waals surface area contributed by atoms with E-state index in [1.807, 2.05) is 44.2 Å². The fourth-order valence-corrected chi connectivity index (χ4v) is 4.95. The Morgan fingerprint density at radius 3 is 2.64 bits per heavy atom. The summed E-state index contributed by atoms with van der Waals surface area (Å²) in [5.41, 5.74) is 2.79. The Bertz CT molecular complexity index is 1190. The van der Waals surface area contributed by atoms with Gasteiger partial charge >= 0.3 is 0 Å². The third-order valence-electron chi connectivity index (χ3n) is 4.82. The number of carbonyl (C=O) groups excluding carboxylic acids is 1. The topological polar surface area (TPSA) is 80.7 Å². The van der Waals surface area contributed by atoms with E-state index in [0.29, 0.717) is 21.8 Å². The molecule has 0 saturated heterocycles. The number of hydrogen-bond acceptors (Lipinski definition) is 7. The molecule has 8 heteroatoms. The van der Waals surface area contributed by atoms with Gasteiger partial charge < -0.3 is 0 Å². The molecule has 5 rings (SSSR count). The first-order valence-corrected chi connectivity index (χ1v) is 10.7. The van der Waals surface area contributed by atoms with Crippen LogP contribution in [0.4, 0.5) is 5.13 Å². The predicted octanol–water partition coefficient (Wildman–Crippen LogP) is 4.96. The highest BCUT2D eigenvalue weighted by molar-refractivity contribution is 7.20. The van der Waals surface area contributed by atoms with Crippen LogP contribution in [0.25, 0.3) is 21.6 Å². The molecule has 1 amide bonds. The number of amides is 1. The highest BCUT2D eigenvalue weighted by Gasteiger charge is 2.28. The van der Waals surface area contributed by atoms with Gasteiger partial charge in [-0.05, 0) is 32.3 Å². The van der Waals surface area contributed by atoms with Gasteiger partial charge in [-0.1, -0.05) is 30.3 Å². The third kappa shape index (κ3) is 3.08. The number of rotatable bonds is 4. The average Bonchev–Trinajstić information content (AvgIpc) is 3.35. The number of nitrogens with zero attached hydrogens (tertiary/aromatic N) is 4. The van der Waals surface area contributed by atoms with Crippen molar-refractivity contribution in [2.24, 2.45) is 0 Å².